The van der Waals surface area contributed by atoms with Crippen LogP contribution in [0.3, 0.4) is 0 Å². The van der Waals surface area contributed by atoms with Crippen LogP contribution in [0.2, 0.25) is 0 Å². The predicted molar refractivity (Wildman–Crippen MR) is 95.3 cm³/mol. The molecule has 0 unspecified atom stereocenters. The normalized spacial score (nSPS) is 15.3. The lowest BCUT2D eigenvalue weighted by Crippen LogP contribution is -2.38. The Kier molecular flexibility index (Phi) is 5.23. The van der Waals surface area contributed by atoms with Gasteiger partial charge in [-0.25, -0.2) is 4.98 Å². The monoisotopic (exact) mass is 348 g/mol. The van der Waals surface area contributed by atoms with Crippen molar-refractivity contribution >= 4 is 33.7 Å². The van der Waals surface area contributed by atoms with Crippen LogP contribution in [0, 0.1) is 0 Å². The van der Waals surface area contributed by atoms with E-state index in [1.165, 1.54) is 5.56 Å². The van der Waals surface area contributed by atoms with Crippen LogP contribution in [-0.4, -0.2) is 27.4 Å². The molecular weight excluding hydrogens is 328 g/mol. The molecule has 0 bridgehead atoms. The molecule has 0 saturated heterocycles. The quantitative estimate of drug-likeness (QED) is 0.835. The molecule has 1 aromatic heterocycles. The molecule has 1 atom stereocenters. The number of fused-ring (bicyclic) bond motifs is 1. The summed E-state index contributed by atoms with van der Waals surface area (Å²) in [4.78, 5) is 18.7. The molecule has 0 radical (unpaired) electrons. The third-order valence-corrected chi connectivity index (χ3v) is 6.14. The van der Waals surface area contributed by atoms with Crippen molar-refractivity contribution in [2.45, 2.75) is 31.9 Å². The number of rotatable bonds is 5. The molecule has 1 aromatic carbocycles. The second kappa shape index (κ2) is 7.36. The second-order valence-electron chi connectivity index (χ2n) is 5.59. The highest BCUT2D eigenvalue weighted by atomic mass is 32.2. The fraction of sp³-hybridized carbons (Fsp3) is 0.412. The molecule has 6 heteroatoms. The smallest absolute Gasteiger partial charge is 0.239 e. The molecular formula is C17H20N2O2S2. The van der Waals surface area contributed by atoms with Crippen LogP contribution >= 0.6 is 11.3 Å². The summed E-state index contributed by atoms with van der Waals surface area (Å²) in [5.74, 6) is 0.367. The SMILES string of the molecule is CCc1nc(C[S@](=O)CC(=O)N2CCCc3ccccc32)cs1. The molecule has 0 N–H and O–H groups in total. The lowest BCUT2D eigenvalue weighted by molar-refractivity contribution is -0.116. The first-order valence-electron chi connectivity index (χ1n) is 7.84. The zero-order chi connectivity index (χ0) is 16.2. The Labute approximate surface area is 143 Å². The standard InChI is InChI=1S/C17H20N2O2S2/c1-2-16-18-14(10-22-16)11-23(21)12-17(20)19-9-5-7-13-6-3-4-8-15(13)19/h3-4,6,8,10H,2,5,7,9,11-12H2,1H3/t23-/m0/s1. The largest absolute Gasteiger partial charge is 0.311 e. The van der Waals surface area contributed by atoms with Gasteiger partial charge >= 0.3 is 0 Å². The minimum atomic E-state index is -1.22. The van der Waals surface area contributed by atoms with Crippen LogP contribution in [0.25, 0.3) is 0 Å². The van der Waals surface area contributed by atoms with Crippen molar-refractivity contribution < 1.29 is 9.00 Å². The number of carbonyl (C=O) groups is 1. The number of carbonyl (C=O) groups excluding carboxylic acids is 1. The van der Waals surface area contributed by atoms with Gasteiger partial charge in [0.15, 0.2) is 0 Å². The van der Waals surface area contributed by atoms with Gasteiger partial charge in [0.2, 0.25) is 5.91 Å². The van der Waals surface area contributed by atoms with Gasteiger partial charge in [-0.1, -0.05) is 25.1 Å². The molecule has 3 rings (SSSR count). The van der Waals surface area contributed by atoms with Crippen molar-refractivity contribution in [3.05, 3.63) is 45.9 Å². The Morgan fingerprint density at radius 1 is 1.39 bits per heavy atom. The van der Waals surface area contributed by atoms with Crippen molar-refractivity contribution in [3.8, 4) is 0 Å². The van der Waals surface area contributed by atoms with E-state index in [0.717, 1.165) is 35.7 Å². The first kappa shape index (κ1) is 16.3. The Bertz CT molecular complexity index is 727. The zero-order valence-electron chi connectivity index (χ0n) is 13.2. The number of anilines is 1. The highest BCUT2D eigenvalue weighted by Gasteiger charge is 2.23. The molecule has 4 nitrogen and oxygen atoms in total. The topological polar surface area (TPSA) is 50.3 Å². The molecule has 2 aromatic rings. The van der Waals surface area contributed by atoms with E-state index < -0.39 is 10.8 Å². The van der Waals surface area contributed by atoms with Gasteiger partial charge < -0.3 is 4.90 Å². The van der Waals surface area contributed by atoms with Crippen molar-refractivity contribution in [1.82, 2.24) is 4.98 Å². The van der Waals surface area contributed by atoms with Gasteiger partial charge in [0.25, 0.3) is 0 Å². The summed E-state index contributed by atoms with van der Waals surface area (Å²) in [5.41, 5.74) is 3.00. The highest BCUT2D eigenvalue weighted by molar-refractivity contribution is 7.85. The number of hydrogen-bond donors (Lipinski definition) is 0. The van der Waals surface area contributed by atoms with Crippen LogP contribution in [0.5, 0.6) is 0 Å². The lowest BCUT2D eigenvalue weighted by Gasteiger charge is -2.29. The molecule has 0 spiro atoms. The van der Waals surface area contributed by atoms with Crippen LogP contribution < -0.4 is 4.90 Å². The summed E-state index contributed by atoms with van der Waals surface area (Å²) < 4.78 is 12.3. The summed E-state index contributed by atoms with van der Waals surface area (Å²) >= 11 is 1.59. The number of nitrogens with zero attached hydrogens (tertiary/aromatic N) is 2. The maximum atomic E-state index is 12.5. The molecule has 0 saturated carbocycles. The second-order valence-corrected chi connectivity index (χ2v) is 7.99. The van der Waals surface area contributed by atoms with Gasteiger partial charge in [0.05, 0.1) is 16.5 Å². The number of amides is 1. The molecule has 1 aliphatic rings. The van der Waals surface area contributed by atoms with E-state index in [9.17, 15) is 9.00 Å². The molecule has 122 valence electrons. The van der Waals surface area contributed by atoms with Crippen LogP contribution in [0.4, 0.5) is 5.69 Å². The number of aryl methyl sites for hydroxylation is 2. The van der Waals surface area contributed by atoms with Gasteiger partial charge in [-0.2, -0.15) is 0 Å². The maximum absolute atomic E-state index is 12.5. The van der Waals surface area contributed by atoms with E-state index in [-0.39, 0.29) is 11.7 Å². The Morgan fingerprint density at radius 2 is 2.22 bits per heavy atom. The maximum Gasteiger partial charge on any atom is 0.239 e. The van der Waals surface area contributed by atoms with E-state index in [2.05, 4.69) is 18.0 Å². The highest BCUT2D eigenvalue weighted by Crippen LogP contribution is 2.26. The summed E-state index contributed by atoms with van der Waals surface area (Å²) in [5, 5.41) is 2.99. The minimum Gasteiger partial charge on any atom is -0.311 e. The van der Waals surface area contributed by atoms with Gasteiger partial charge in [0, 0.05) is 28.4 Å². The van der Waals surface area contributed by atoms with Gasteiger partial charge in [-0.15, -0.1) is 11.3 Å². The first-order chi connectivity index (χ1) is 11.2. The predicted octanol–water partition coefficient (Wildman–Crippen LogP) is 2.93. The number of thiazole rings is 1. The number of para-hydroxylation sites is 1. The van der Waals surface area contributed by atoms with Crippen molar-refractivity contribution in [2.24, 2.45) is 0 Å². The fourth-order valence-electron chi connectivity index (χ4n) is 2.80. The van der Waals surface area contributed by atoms with E-state index in [1.807, 2.05) is 23.6 Å². The van der Waals surface area contributed by atoms with Crippen molar-refractivity contribution in [3.63, 3.8) is 0 Å². The van der Waals surface area contributed by atoms with E-state index in [0.29, 0.717) is 12.3 Å². The lowest BCUT2D eigenvalue weighted by atomic mass is 10.0. The summed E-state index contributed by atoms with van der Waals surface area (Å²) in [6.07, 6.45) is 2.85. The minimum absolute atomic E-state index is 0.0542. The van der Waals surface area contributed by atoms with Crippen LogP contribution in [-0.2, 0) is 34.2 Å². The fourth-order valence-corrected chi connectivity index (χ4v) is 4.66. The number of hydrogen-bond acceptors (Lipinski definition) is 4. The molecule has 0 aliphatic carbocycles. The Hall–Kier alpha value is -1.53. The third kappa shape index (κ3) is 3.87. The molecule has 0 fully saturated rings. The third-order valence-electron chi connectivity index (χ3n) is 3.91. The Balaban J connectivity index is 1.64. The summed E-state index contributed by atoms with van der Waals surface area (Å²) in [6, 6.07) is 7.98. The summed E-state index contributed by atoms with van der Waals surface area (Å²) in [7, 11) is -1.22. The van der Waals surface area contributed by atoms with Gasteiger partial charge in [-0.3, -0.25) is 9.00 Å². The zero-order valence-corrected chi connectivity index (χ0v) is 14.8. The van der Waals surface area contributed by atoms with Gasteiger partial charge in [0.1, 0.15) is 5.75 Å². The molecule has 2 heterocycles. The van der Waals surface area contributed by atoms with Crippen molar-refractivity contribution in [2.75, 3.05) is 17.2 Å². The average molecular weight is 348 g/mol. The van der Waals surface area contributed by atoms with E-state index >= 15 is 0 Å². The van der Waals surface area contributed by atoms with Crippen molar-refractivity contribution in [1.29, 1.82) is 0 Å². The molecule has 23 heavy (non-hydrogen) atoms. The first-order valence-corrected chi connectivity index (χ1v) is 10.2. The summed E-state index contributed by atoms with van der Waals surface area (Å²) in [6.45, 7) is 2.76. The number of aromatic nitrogens is 1. The Morgan fingerprint density at radius 3 is 3.00 bits per heavy atom. The van der Waals surface area contributed by atoms with Crippen LogP contribution in [0.15, 0.2) is 29.6 Å². The number of benzene rings is 1. The molecule has 1 aliphatic heterocycles. The van der Waals surface area contributed by atoms with Crippen LogP contribution in [0.1, 0.15) is 29.6 Å². The molecule has 1 amide bonds. The van der Waals surface area contributed by atoms with E-state index in [4.69, 9.17) is 0 Å². The average Bonchev–Trinajstić information content (AvgIpc) is 3.01. The van der Waals surface area contributed by atoms with E-state index in [1.54, 1.807) is 16.2 Å². The van der Waals surface area contributed by atoms with Gasteiger partial charge in [-0.05, 0) is 30.9 Å².